The zero-order valence-electron chi connectivity index (χ0n) is 16.2. The Morgan fingerprint density at radius 2 is 1.93 bits per heavy atom. The van der Waals surface area contributed by atoms with Gasteiger partial charge in [-0.3, -0.25) is 0 Å². The van der Waals surface area contributed by atoms with Gasteiger partial charge in [-0.25, -0.2) is 4.39 Å². The van der Waals surface area contributed by atoms with Gasteiger partial charge < -0.3 is 9.47 Å². The zero-order chi connectivity index (χ0) is 19.1. The fourth-order valence-electron chi connectivity index (χ4n) is 4.13. The molecule has 0 N–H and O–H groups in total. The Hall–Kier alpha value is -1.70. The van der Waals surface area contributed by atoms with Crippen molar-refractivity contribution in [1.82, 2.24) is 0 Å². The van der Waals surface area contributed by atoms with Crippen molar-refractivity contribution in [2.45, 2.75) is 64.1 Å². The Morgan fingerprint density at radius 3 is 2.56 bits per heavy atom. The molecule has 3 nitrogen and oxygen atoms in total. The molecule has 0 unspecified atom stereocenters. The SMILES string of the molecule is CCCC/C=C/C1COC(C2CCC(c3ccc(C#N)c(F)c3)CC2)OC1. The maximum atomic E-state index is 13.9. The van der Waals surface area contributed by atoms with E-state index in [-0.39, 0.29) is 11.9 Å². The topological polar surface area (TPSA) is 42.2 Å². The second-order valence-electron chi connectivity index (χ2n) is 7.83. The highest BCUT2D eigenvalue weighted by Crippen LogP contribution is 2.39. The second-order valence-corrected chi connectivity index (χ2v) is 7.83. The van der Waals surface area contributed by atoms with Crippen molar-refractivity contribution in [3.8, 4) is 6.07 Å². The number of halogens is 1. The second kappa shape index (κ2) is 10.0. The Balaban J connectivity index is 1.44. The van der Waals surface area contributed by atoms with Crippen LogP contribution in [0.4, 0.5) is 4.39 Å². The smallest absolute Gasteiger partial charge is 0.160 e. The van der Waals surface area contributed by atoms with E-state index in [0.29, 0.717) is 17.8 Å². The lowest BCUT2D eigenvalue weighted by atomic mass is 9.78. The van der Waals surface area contributed by atoms with Crippen molar-refractivity contribution < 1.29 is 13.9 Å². The number of ether oxygens (including phenoxy) is 2. The summed E-state index contributed by atoms with van der Waals surface area (Å²) in [6, 6.07) is 6.91. The average Bonchev–Trinajstić information content (AvgIpc) is 2.72. The largest absolute Gasteiger partial charge is 0.352 e. The van der Waals surface area contributed by atoms with Gasteiger partial charge in [0.1, 0.15) is 11.9 Å². The zero-order valence-corrected chi connectivity index (χ0v) is 16.2. The molecule has 0 bridgehead atoms. The highest BCUT2D eigenvalue weighted by atomic mass is 19.1. The van der Waals surface area contributed by atoms with Crippen molar-refractivity contribution in [2.24, 2.45) is 11.8 Å². The van der Waals surface area contributed by atoms with Gasteiger partial charge in [0.05, 0.1) is 18.8 Å². The van der Waals surface area contributed by atoms with Gasteiger partial charge in [0.15, 0.2) is 6.29 Å². The molecule has 1 aliphatic carbocycles. The molecular formula is C23H30FNO2. The first-order valence-corrected chi connectivity index (χ1v) is 10.3. The number of nitriles is 1. The summed E-state index contributed by atoms with van der Waals surface area (Å²) in [7, 11) is 0. The quantitative estimate of drug-likeness (QED) is 0.475. The van der Waals surface area contributed by atoms with Crippen LogP contribution < -0.4 is 0 Å². The minimum Gasteiger partial charge on any atom is -0.352 e. The van der Waals surface area contributed by atoms with Crippen LogP contribution in [-0.2, 0) is 9.47 Å². The van der Waals surface area contributed by atoms with Gasteiger partial charge in [0, 0.05) is 11.8 Å². The van der Waals surface area contributed by atoms with Crippen molar-refractivity contribution in [3.63, 3.8) is 0 Å². The molecular weight excluding hydrogens is 341 g/mol. The monoisotopic (exact) mass is 371 g/mol. The molecule has 1 aliphatic heterocycles. The molecule has 146 valence electrons. The molecule has 4 heteroatoms. The molecule has 0 spiro atoms. The van der Waals surface area contributed by atoms with Crippen LogP contribution >= 0.6 is 0 Å². The average molecular weight is 371 g/mol. The first-order chi connectivity index (χ1) is 13.2. The molecule has 1 saturated heterocycles. The van der Waals surface area contributed by atoms with E-state index in [2.05, 4.69) is 19.1 Å². The standard InChI is InChI=1S/C23H30FNO2/c1-2-3-4-5-6-17-15-26-23(27-16-17)19-9-7-18(8-10-19)20-11-12-21(14-25)22(24)13-20/h5-6,11-13,17-19,23H,2-4,7-10,15-16H2,1H3/b6-5+. The van der Waals surface area contributed by atoms with Gasteiger partial charge in [0.2, 0.25) is 0 Å². The number of hydrogen-bond acceptors (Lipinski definition) is 3. The summed E-state index contributed by atoms with van der Waals surface area (Å²) in [4.78, 5) is 0. The lowest BCUT2D eigenvalue weighted by Crippen LogP contribution is -2.37. The molecule has 0 radical (unpaired) electrons. The summed E-state index contributed by atoms with van der Waals surface area (Å²) in [6.07, 6.45) is 12.1. The van der Waals surface area contributed by atoms with E-state index in [1.807, 2.05) is 12.1 Å². The van der Waals surface area contributed by atoms with Gasteiger partial charge in [-0.15, -0.1) is 0 Å². The molecule has 0 amide bonds. The fourth-order valence-corrected chi connectivity index (χ4v) is 4.13. The maximum absolute atomic E-state index is 13.9. The molecule has 1 saturated carbocycles. The predicted molar refractivity (Wildman–Crippen MR) is 104 cm³/mol. The highest BCUT2D eigenvalue weighted by Gasteiger charge is 2.32. The molecule has 0 atom stereocenters. The Bertz CT molecular complexity index is 665. The van der Waals surface area contributed by atoms with E-state index in [0.717, 1.165) is 50.9 Å². The van der Waals surface area contributed by atoms with Gasteiger partial charge in [0.25, 0.3) is 0 Å². The number of allylic oxidation sites excluding steroid dienone is 1. The first-order valence-electron chi connectivity index (χ1n) is 10.3. The number of nitrogens with zero attached hydrogens (tertiary/aromatic N) is 1. The molecule has 1 aromatic rings. The van der Waals surface area contributed by atoms with E-state index >= 15 is 0 Å². The molecule has 0 aromatic heterocycles. The van der Waals surface area contributed by atoms with Crippen LogP contribution in [0.25, 0.3) is 0 Å². The van der Waals surface area contributed by atoms with Gasteiger partial charge in [-0.2, -0.15) is 5.26 Å². The molecule has 1 aromatic carbocycles. The summed E-state index contributed by atoms with van der Waals surface area (Å²) < 4.78 is 25.9. The molecule has 27 heavy (non-hydrogen) atoms. The van der Waals surface area contributed by atoms with Crippen LogP contribution in [-0.4, -0.2) is 19.5 Å². The third kappa shape index (κ3) is 5.40. The van der Waals surface area contributed by atoms with Gasteiger partial charge in [-0.1, -0.05) is 38.0 Å². The van der Waals surface area contributed by atoms with E-state index in [1.165, 1.54) is 18.9 Å². The van der Waals surface area contributed by atoms with Crippen LogP contribution in [0.15, 0.2) is 30.4 Å². The van der Waals surface area contributed by atoms with Crippen molar-refractivity contribution in [3.05, 3.63) is 47.3 Å². The van der Waals surface area contributed by atoms with Crippen molar-refractivity contribution >= 4 is 0 Å². The summed E-state index contributed by atoms with van der Waals surface area (Å²) in [5.41, 5.74) is 1.13. The van der Waals surface area contributed by atoms with Crippen LogP contribution in [0.2, 0.25) is 0 Å². The summed E-state index contributed by atoms with van der Waals surface area (Å²) in [6.45, 7) is 3.69. The Labute approximate surface area is 162 Å². The normalized spacial score (nSPS) is 28.9. The first kappa shape index (κ1) is 20.0. The Kier molecular flexibility index (Phi) is 7.43. The number of hydrogen-bond donors (Lipinski definition) is 0. The van der Waals surface area contributed by atoms with Crippen LogP contribution in [0.3, 0.4) is 0 Å². The van der Waals surface area contributed by atoms with Gasteiger partial charge in [-0.05, 0) is 55.7 Å². The molecule has 2 aliphatic rings. The summed E-state index contributed by atoms with van der Waals surface area (Å²) >= 11 is 0. The third-order valence-corrected chi connectivity index (χ3v) is 5.82. The minimum atomic E-state index is -0.408. The predicted octanol–water partition coefficient (Wildman–Crippen LogP) is 5.71. The van der Waals surface area contributed by atoms with E-state index in [1.54, 1.807) is 6.07 Å². The maximum Gasteiger partial charge on any atom is 0.160 e. The third-order valence-electron chi connectivity index (χ3n) is 5.82. The van der Waals surface area contributed by atoms with E-state index in [4.69, 9.17) is 14.7 Å². The summed E-state index contributed by atoms with van der Waals surface area (Å²) in [5.74, 6) is 0.751. The van der Waals surface area contributed by atoms with Crippen LogP contribution in [0, 0.1) is 29.0 Å². The summed E-state index contributed by atoms with van der Waals surface area (Å²) in [5, 5.41) is 8.87. The lowest BCUT2D eigenvalue weighted by Gasteiger charge is -2.37. The van der Waals surface area contributed by atoms with Crippen LogP contribution in [0.1, 0.15) is 68.9 Å². The molecule has 3 rings (SSSR count). The van der Waals surface area contributed by atoms with Crippen LogP contribution in [0.5, 0.6) is 0 Å². The van der Waals surface area contributed by atoms with Gasteiger partial charge >= 0.3 is 0 Å². The number of rotatable bonds is 6. The molecule has 2 fully saturated rings. The number of unbranched alkanes of at least 4 members (excludes halogenated alkanes) is 2. The highest BCUT2D eigenvalue weighted by molar-refractivity contribution is 5.34. The Morgan fingerprint density at radius 1 is 1.19 bits per heavy atom. The minimum absolute atomic E-state index is 0.0936. The van der Waals surface area contributed by atoms with Crippen molar-refractivity contribution in [1.29, 1.82) is 5.26 Å². The molecule has 1 heterocycles. The van der Waals surface area contributed by atoms with E-state index < -0.39 is 5.82 Å². The van der Waals surface area contributed by atoms with Crippen molar-refractivity contribution in [2.75, 3.05) is 13.2 Å². The lowest BCUT2D eigenvalue weighted by molar-refractivity contribution is -0.222. The van der Waals surface area contributed by atoms with E-state index in [9.17, 15) is 4.39 Å². The fraction of sp³-hybridized carbons (Fsp3) is 0.609. The number of benzene rings is 1.